The van der Waals surface area contributed by atoms with Crippen LogP contribution in [0.1, 0.15) is 44.5 Å². The van der Waals surface area contributed by atoms with E-state index in [1.807, 2.05) is 6.07 Å². The monoisotopic (exact) mass is 888 g/mol. The van der Waals surface area contributed by atoms with Gasteiger partial charge in [-0.1, -0.05) is 17.9 Å². The molecule has 0 aliphatic carbocycles. The number of thiocarbonyl (C=S) groups is 1. The van der Waals surface area contributed by atoms with Gasteiger partial charge in [-0.15, -0.1) is 0 Å². The fraction of sp³-hybridized carbons (Fsp3) is 0.184. The average Bonchev–Trinajstić information content (AvgIpc) is 3.68. The Bertz CT molecular complexity index is 2090. The molecule has 0 saturated heterocycles. The number of carbonyl (C=O) groups excluding carboxylic acids is 3. The minimum absolute atomic E-state index is 0. The van der Waals surface area contributed by atoms with Gasteiger partial charge in [-0.25, -0.2) is 4.98 Å². The zero-order valence-corrected chi connectivity index (χ0v) is 33.1. The fourth-order valence-electron chi connectivity index (χ4n) is 5.04. The average molecular weight is 888 g/mol. The summed E-state index contributed by atoms with van der Waals surface area (Å²) in [6.45, 7) is 9.18. The van der Waals surface area contributed by atoms with Crippen molar-refractivity contribution in [3.8, 4) is 39.9 Å². The van der Waals surface area contributed by atoms with Crippen LogP contribution in [0.5, 0.6) is 5.75 Å². The number of carbonyl (C=O) groups is 3. The number of nitrogens with zero attached hydrogens (tertiary/aromatic N) is 8. The molecule has 19 heteroatoms. The van der Waals surface area contributed by atoms with Crippen LogP contribution in [-0.2, 0) is 49.5 Å². The van der Waals surface area contributed by atoms with Crippen molar-refractivity contribution in [1.29, 1.82) is 0 Å². The molecular weight excluding hydrogens is 855 g/mol. The summed E-state index contributed by atoms with van der Waals surface area (Å²) in [6.07, 6.45) is 5.88. The third kappa shape index (κ3) is 14.7. The van der Waals surface area contributed by atoms with Crippen LogP contribution in [0.25, 0.3) is 51.7 Å². The number of ether oxygens (including phenoxy) is 3. The Balaban J connectivity index is 0.000000380. The Kier molecular flexibility index (Phi) is 19.4. The van der Waals surface area contributed by atoms with Gasteiger partial charge in [-0.05, 0) is 93.4 Å². The second kappa shape index (κ2) is 23.6. The van der Waals surface area contributed by atoms with Crippen LogP contribution in [0.2, 0.25) is 0 Å². The maximum Gasteiger partial charge on any atom is 2.00 e. The Labute approximate surface area is 343 Å². The van der Waals surface area contributed by atoms with Gasteiger partial charge in [0.2, 0.25) is 0 Å². The van der Waals surface area contributed by atoms with Gasteiger partial charge in [0.05, 0.1) is 41.0 Å². The molecule has 0 atom stereocenters. The number of rotatable bonds is 14. The van der Waals surface area contributed by atoms with Gasteiger partial charge in [0.1, 0.15) is 11.4 Å². The fourth-order valence-corrected chi connectivity index (χ4v) is 5.04. The van der Waals surface area contributed by atoms with E-state index < -0.39 is 11.9 Å². The molecule has 0 N–H and O–H groups in total. The topological polar surface area (TPSA) is 183 Å². The van der Waals surface area contributed by atoms with Crippen LogP contribution in [-0.4, -0.2) is 61.7 Å². The first-order valence-corrected chi connectivity index (χ1v) is 16.7. The molecule has 0 unspecified atom stereocenters. The number of hydrogen-bond acceptors (Lipinski definition) is 13. The van der Waals surface area contributed by atoms with Gasteiger partial charge in [-0.2, -0.15) is 18.3 Å². The maximum absolute atomic E-state index is 12.6. The van der Waals surface area contributed by atoms with Crippen LogP contribution < -0.4 is 14.7 Å². The molecular formula is C38H33F3N8O6RuS. The van der Waals surface area contributed by atoms with Crippen molar-refractivity contribution in [2.45, 2.75) is 46.0 Å². The van der Waals surface area contributed by atoms with Gasteiger partial charge in [-0.3, -0.25) is 29.3 Å². The molecule has 5 aromatic heterocycles. The third-order valence-corrected chi connectivity index (χ3v) is 7.11. The molecule has 14 nitrogen and oxygen atoms in total. The van der Waals surface area contributed by atoms with E-state index in [-0.39, 0.29) is 43.0 Å². The second-order valence-electron chi connectivity index (χ2n) is 11.5. The third-order valence-electron chi connectivity index (χ3n) is 7.11. The molecule has 0 spiro atoms. The van der Waals surface area contributed by atoms with Gasteiger partial charge in [0.25, 0.3) is 19.4 Å². The molecule has 0 saturated carbocycles. The summed E-state index contributed by atoms with van der Waals surface area (Å²) in [6, 6.07) is 15.0. The summed E-state index contributed by atoms with van der Waals surface area (Å²) in [5, 5.41) is 15.2. The summed E-state index contributed by atoms with van der Waals surface area (Å²) in [5.41, 5.74) is 3.72. The smallest absolute Gasteiger partial charge is 0.753 e. The van der Waals surface area contributed by atoms with Crippen LogP contribution >= 0.6 is 12.2 Å². The first kappa shape index (κ1) is 46.9. The molecule has 0 amide bonds. The number of aromatic nitrogens is 6. The van der Waals surface area contributed by atoms with E-state index in [1.165, 1.54) is 17.7 Å². The van der Waals surface area contributed by atoms with Crippen molar-refractivity contribution in [1.82, 2.24) is 30.1 Å². The molecule has 5 aromatic rings. The Morgan fingerprint density at radius 3 is 1.68 bits per heavy atom. The number of alkyl halides is 3. The molecule has 57 heavy (non-hydrogen) atoms. The summed E-state index contributed by atoms with van der Waals surface area (Å²) < 4.78 is 52.0. The van der Waals surface area contributed by atoms with Gasteiger partial charge in [0.15, 0.2) is 0 Å². The molecule has 0 radical (unpaired) electrons. The molecule has 0 bridgehead atoms. The van der Waals surface area contributed by atoms with Gasteiger partial charge < -0.3 is 34.7 Å². The number of pyridine rings is 4. The van der Waals surface area contributed by atoms with E-state index >= 15 is 0 Å². The summed E-state index contributed by atoms with van der Waals surface area (Å²) in [5.74, 6) is 0.258. The quantitative estimate of drug-likeness (QED) is 0.0353. The number of isothiocyanates is 1. The van der Waals surface area contributed by atoms with Gasteiger partial charge >= 0.3 is 25.7 Å². The summed E-state index contributed by atoms with van der Waals surface area (Å²) in [7, 11) is 0. The summed E-state index contributed by atoms with van der Waals surface area (Å²) >= 11 is 3.70. The predicted molar refractivity (Wildman–Crippen MR) is 204 cm³/mol. The summed E-state index contributed by atoms with van der Waals surface area (Å²) in [4.78, 5) is 50.9. The van der Waals surface area contributed by atoms with Crippen molar-refractivity contribution in [2.24, 2.45) is 0 Å². The Hall–Kier alpha value is -6.29. The van der Waals surface area contributed by atoms with E-state index in [0.29, 0.717) is 47.9 Å². The van der Waals surface area contributed by atoms with E-state index in [4.69, 9.17) is 10.1 Å². The van der Waals surface area contributed by atoms with Crippen molar-refractivity contribution in [2.75, 3.05) is 4.90 Å². The minimum Gasteiger partial charge on any atom is -0.753 e. The normalized spacial score (nSPS) is 10.7. The minimum atomic E-state index is -4.50. The SMILES string of the molecule is CC(C)N(c1ccnc(-c2cc(C(F)(F)F)n[n-]2)c1)C(C)C.O=CO/C=C/c1ccnc(-c2cc(OC=O)cc(-c3cc(/C=C/OC=O)ccn3)n2)c1.[N-]=C=S.[Ru+2]. The van der Waals surface area contributed by atoms with E-state index in [2.05, 4.69) is 84.4 Å². The molecule has 5 heterocycles. The largest absolute Gasteiger partial charge is 2.00 e. The van der Waals surface area contributed by atoms with Crippen LogP contribution in [0.4, 0.5) is 18.9 Å². The first-order valence-electron chi connectivity index (χ1n) is 16.2. The van der Waals surface area contributed by atoms with Crippen molar-refractivity contribution in [3.05, 3.63) is 108 Å². The number of halogens is 3. The number of anilines is 1. The van der Waals surface area contributed by atoms with E-state index in [0.717, 1.165) is 22.9 Å². The van der Waals surface area contributed by atoms with Crippen molar-refractivity contribution >= 4 is 54.6 Å². The van der Waals surface area contributed by atoms with Crippen molar-refractivity contribution in [3.63, 3.8) is 0 Å². The van der Waals surface area contributed by atoms with E-state index in [9.17, 15) is 27.6 Å². The molecule has 0 aromatic carbocycles. The molecule has 0 fully saturated rings. The number of hydrogen-bond donors (Lipinski definition) is 0. The molecule has 0 aliphatic heterocycles. The standard InChI is InChI=1S/C22H15N3O6.C15H18F3N4.CNS.Ru/c26-13-29-7-3-16-1-5-23-19(9-16)21-11-18(31-15-28)12-22(25-21)20-10-17(2-6-24-20)4-8-30-14-27;1-9(2)22(10(3)4)11-5-6-19-12(7-11)13-8-14(21-20-13)15(16,17)18;2-1-3;/h1-15H;5-10H,1-4H3;;/q;2*-1;+2/b7-3+,8-4+;;;. The predicted octanol–water partition coefficient (Wildman–Crippen LogP) is 7.43. The molecule has 296 valence electrons. The van der Waals surface area contributed by atoms with Crippen LogP contribution in [0.3, 0.4) is 0 Å². The van der Waals surface area contributed by atoms with Crippen molar-refractivity contribution < 1.29 is 61.2 Å². The molecule has 0 aliphatic rings. The zero-order valence-electron chi connectivity index (χ0n) is 30.5. The molecule has 5 rings (SSSR count). The van der Waals surface area contributed by atoms with Gasteiger partial charge in [0, 0.05) is 48.5 Å². The second-order valence-corrected chi connectivity index (χ2v) is 11.7. The van der Waals surface area contributed by atoms with Crippen LogP contribution in [0.15, 0.2) is 85.7 Å². The maximum atomic E-state index is 12.6. The van der Waals surface area contributed by atoms with Crippen LogP contribution in [0, 0.1) is 0 Å². The van der Waals surface area contributed by atoms with E-state index in [1.54, 1.807) is 73.2 Å². The zero-order chi connectivity index (χ0) is 41.1. The first-order chi connectivity index (χ1) is 26.8. The Morgan fingerprint density at radius 1 is 0.754 bits per heavy atom. The Morgan fingerprint density at radius 2 is 1.25 bits per heavy atom.